The summed E-state index contributed by atoms with van der Waals surface area (Å²) in [5.41, 5.74) is 2.27. The maximum absolute atomic E-state index is 4.34. The molecular formula is C15H17N5S. The summed E-state index contributed by atoms with van der Waals surface area (Å²) in [6.45, 7) is 0.895. The van der Waals surface area contributed by atoms with Crippen molar-refractivity contribution in [2.45, 2.75) is 24.5 Å². The lowest BCUT2D eigenvalue weighted by Gasteiger charge is -2.08. The van der Waals surface area contributed by atoms with Crippen molar-refractivity contribution in [1.29, 1.82) is 0 Å². The number of H-pyrrole nitrogens is 1. The number of benzene rings is 1. The van der Waals surface area contributed by atoms with Gasteiger partial charge in [-0.3, -0.25) is 0 Å². The van der Waals surface area contributed by atoms with Gasteiger partial charge in [0.25, 0.3) is 0 Å². The van der Waals surface area contributed by atoms with Gasteiger partial charge in [0.05, 0.1) is 6.33 Å². The average Bonchev–Trinajstić information content (AvgIpc) is 3.17. The summed E-state index contributed by atoms with van der Waals surface area (Å²) >= 11 is 1.63. The Bertz CT molecular complexity index is 675. The number of thioether (sulfide) groups is 1. The molecule has 0 atom stereocenters. The smallest absolute Gasteiger partial charge is 0.191 e. The van der Waals surface area contributed by atoms with Gasteiger partial charge in [0, 0.05) is 24.0 Å². The van der Waals surface area contributed by atoms with Crippen LogP contribution in [0.5, 0.6) is 0 Å². The van der Waals surface area contributed by atoms with E-state index in [0.717, 1.165) is 41.6 Å². The zero-order valence-corrected chi connectivity index (χ0v) is 12.7. The fourth-order valence-electron chi connectivity index (χ4n) is 2.29. The van der Waals surface area contributed by atoms with E-state index in [1.165, 1.54) is 0 Å². The van der Waals surface area contributed by atoms with E-state index in [1.54, 1.807) is 18.1 Å². The quantitative estimate of drug-likeness (QED) is 0.711. The first-order valence-corrected chi connectivity index (χ1v) is 8.11. The number of aryl methyl sites for hydroxylation is 1. The maximum Gasteiger partial charge on any atom is 0.191 e. The second-order valence-corrected chi connectivity index (χ2v) is 5.48. The molecule has 0 amide bonds. The standard InChI is InChI=1S/C15H17N5S/c1-21-15-19-18-14(12-6-3-2-4-7-12)20(15)9-5-8-13-10-16-11-17-13/h2-4,6-7,10-11H,5,8-9H2,1H3,(H,16,17). The Kier molecular flexibility index (Phi) is 4.35. The van der Waals surface area contributed by atoms with Gasteiger partial charge in [0.15, 0.2) is 11.0 Å². The predicted molar refractivity (Wildman–Crippen MR) is 84.1 cm³/mol. The van der Waals surface area contributed by atoms with Gasteiger partial charge in [-0.1, -0.05) is 42.1 Å². The predicted octanol–water partition coefficient (Wildman–Crippen LogP) is 3.02. The highest BCUT2D eigenvalue weighted by Crippen LogP contribution is 2.22. The molecule has 2 aromatic heterocycles. The fraction of sp³-hybridized carbons (Fsp3) is 0.267. The van der Waals surface area contributed by atoms with E-state index in [4.69, 9.17) is 0 Å². The van der Waals surface area contributed by atoms with Crippen molar-refractivity contribution >= 4 is 11.8 Å². The number of nitrogens with one attached hydrogen (secondary N) is 1. The van der Waals surface area contributed by atoms with E-state index < -0.39 is 0 Å². The number of rotatable bonds is 6. The van der Waals surface area contributed by atoms with Gasteiger partial charge in [0.1, 0.15) is 0 Å². The first-order chi connectivity index (χ1) is 10.4. The molecule has 21 heavy (non-hydrogen) atoms. The molecule has 0 radical (unpaired) electrons. The Morgan fingerprint density at radius 3 is 2.76 bits per heavy atom. The van der Waals surface area contributed by atoms with E-state index in [9.17, 15) is 0 Å². The highest BCUT2D eigenvalue weighted by atomic mass is 32.2. The molecule has 0 bridgehead atoms. The van der Waals surface area contributed by atoms with Crippen LogP contribution in [0.1, 0.15) is 12.1 Å². The minimum atomic E-state index is 0.895. The topological polar surface area (TPSA) is 59.4 Å². The number of imidazole rings is 1. The summed E-state index contributed by atoms with van der Waals surface area (Å²) in [6, 6.07) is 10.2. The molecule has 0 saturated heterocycles. The lowest BCUT2D eigenvalue weighted by atomic mass is 10.2. The van der Waals surface area contributed by atoms with Crippen LogP contribution in [0.15, 0.2) is 48.0 Å². The molecule has 1 aromatic carbocycles. The summed E-state index contributed by atoms with van der Waals surface area (Å²) < 4.78 is 2.19. The van der Waals surface area contributed by atoms with Crippen molar-refractivity contribution in [2.75, 3.05) is 6.26 Å². The van der Waals surface area contributed by atoms with Crippen LogP contribution in [0, 0.1) is 0 Å². The van der Waals surface area contributed by atoms with Crippen molar-refractivity contribution in [3.05, 3.63) is 48.5 Å². The van der Waals surface area contributed by atoms with E-state index in [-0.39, 0.29) is 0 Å². The number of nitrogens with zero attached hydrogens (tertiary/aromatic N) is 4. The SMILES string of the molecule is CSc1nnc(-c2ccccc2)n1CCCc1cnc[nH]1. The minimum Gasteiger partial charge on any atom is -0.348 e. The van der Waals surface area contributed by atoms with Gasteiger partial charge in [-0.25, -0.2) is 4.98 Å². The largest absolute Gasteiger partial charge is 0.348 e. The summed E-state index contributed by atoms with van der Waals surface area (Å²) in [5.74, 6) is 0.935. The second-order valence-electron chi connectivity index (χ2n) is 4.71. The van der Waals surface area contributed by atoms with Gasteiger partial charge < -0.3 is 9.55 Å². The summed E-state index contributed by atoms with van der Waals surface area (Å²) in [7, 11) is 0. The Morgan fingerprint density at radius 2 is 2.05 bits per heavy atom. The van der Waals surface area contributed by atoms with Gasteiger partial charge in [-0.05, 0) is 19.1 Å². The van der Waals surface area contributed by atoms with E-state index in [0.29, 0.717) is 0 Å². The molecule has 3 rings (SSSR count). The third-order valence-corrected chi connectivity index (χ3v) is 3.98. The van der Waals surface area contributed by atoms with Crippen LogP contribution < -0.4 is 0 Å². The number of hydrogen-bond donors (Lipinski definition) is 1. The first kappa shape index (κ1) is 13.9. The highest BCUT2D eigenvalue weighted by molar-refractivity contribution is 7.98. The molecule has 0 spiro atoms. The molecule has 0 aliphatic heterocycles. The molecule has 0 unspecified atom stereocenters. The lowest BCUT2D eigenvalue weighted by Crippen LogP contribution is -2.04. The van der Waals surface area contributed by atoms with Crippen LogP contribution in [-0.4, -0.2) is 31.0 Å². The van der Waals surface area contributed by atoms with E-state index >= 15 is 0 Å². The Labute approximate surface area is 127 Å². The van der Waals surface area contributed by atoms with Crippen molar-refractivity contribution in [1.82, 2.24) is 24.7 Å². The Morgan fingerprint density at radius 1 is 1.19 bits per heavy atom. The molecule has 3 aromatic rings. The van der Waals surface area contributed by atoms with Crippen LogP contribution in [0.2, 0.25) is 0 Å². The van der Waals surface area contributed by atoms with Crippen molar-refractivity contribution in [3.63, 3.8) is 0 Å². The summed E-state index contributed by atoms with van der Waals surface area (Å²) in [5, 5.41) is 9.58. The maximum atomic E-state index is 4.34. The molecule has 0 aliphatic carbocycles. The van der Waals surface area contributed by atoms with Gasteiger partial charge >= 0.3 is 0 Å². The van der Waals surface area contributed by atoms with Crippen LogP contribution in [0.25, 0.3) is 11.4 Å². The average molecular weight is 299 g/mol. The molecule has 108 valence electrons. The molecule has 0 fully saturated rings. The monoisotopic (exact) mass is 299 g/mol. The number of aromatic nitrogens is 5. The first-order valence-electron chi connectivity index (χ1n) is 6.88. The van der Waals surface area contributed by atoms with E-state index in [1.807, 2.05) is 30.7 Å². The van der Waals surface area contributed by atoms with Gasteiger partial charge in [0.2, 0.25) is 0 Å². The molecule has 5 nitrogen and oxygen atoms in total. The summed E-state index contributed by atoms with van der Waals surface area (Å²) in [4.78, 5) is 7.18. The number of aromatic amines is 1. The van der Waals surface area contributed by atoms with Gasteiger partial charge in [-0.2, -0.15) is 0 Å². The molecule has 0 saturated carbocycles. The molecule has 6 heteroatoms. The van der Waals surface area contributed by atoms with Crippen molar-refractivity contribution < 1.29 is 0 Å². The van der Waals surface area contributed by atoms with E-state index in [2.05, 4.69) is 36.9 Å². The van der Waals surface area contributed by atoms with Crippen molar-refractivity contribution in [3.8, 4) is 11.4 Å². The zero-order valence-electron chi connectivity index (χ0n) is 11.9. The third-order valence-electron chi connectivity index (χ3n) is 3.31. The van der Waals surface area contributed by atoms with Crippen LogP contribution in [0.4, 0.5) is 0 Å². The van der Waals surface area contributed by atoms with Crippen molar-refractivity contribution in [2.24, 2.45) is 0 Å². The molecule has 0 aliphatic rings. The highest BCUT2D eigenvalue weighted by Gasteiger charge is 2.12. The van der Waals surface area contributed by atoms with Crippen LogP contribution >= 0.6 is 11.8 Å². The fourth-order valence-corrected chi connectivity index (χ4v) is 2.81. The molecule has 2 heterocycles. The third kappa shape index (κ3) is 3.16. The lowest BCUT2D eigenvalue weighted by molar-refractivity contribution is 0.597. The van der Waals surface area contributed by atoms with Crippen LogP contribution in [0.3, 0.4) is 0 Å². The molecule has 1 N–H and O–H groups in total. The Balaban J connectivity index is 1.78. The Hall–Kier alpha value is -2.08. The second kappa shape index (κ2) is 6.58. The zero-order chi connectivity index (χ0) is 14.5. The minimum absolute atomic E-state index is 0.895. The van der Waals surface area contributed by atoms with Crippen LogP contribution in [-0.2, 0) is 13.0 Å². The molecular weight excluding hydrogens is 282 g/mol. The normalized spacial score (nSPS) is 10.9. The number of hydrogen-bond acceptors (Lipinski definition) is 4. The van der Waals surface area contributed by atoms with Gasteiger partial charge in [-0.15, -0.1) is 10.2 Å². The summed E-state index contributed by atoms with van der Waals surface area (Å²) in [6.07, 6.45) is 7.62.